The minimum absolute atomic E-state index is 0. The number of hydrogen-bond acceptors (Lipinski definition) is 28. The molecule has 0 fully saturated rings. The van der Waals surface area contributed by atoms with E-state index in [9.17, 15) is 56.9 Å². The fourth-order valence-corrected chi connectivity index (χ4v) is 13.1. The van der Waals surface area contributed by atoms with Gasteiger partial charge in [0.15, 0.2) is 55.5 Å². The second-order valence-electron chi connectivity index (χ2n) is 28.0. The molecule has 0 spiro atoms. The van der Waals surface area contributed by atoms with Crippen molar-refractivity contribution in [3.8, 4) is 23.6 Å². The molecule has 2 aliphatic heterocycles. The number of aromatic hydroxyl groups is 2. The molecule has 8 aromatic heterocycles. The third kappa shape index (κ3) is 39.2. The number of carbonyl (C=O) groups excluding carboxylic acids is 6. The zero-order valence-corrected chi connectivity index (χ0v) is 92.6. The zero-order chi connectivity index (χ0) is 106. The molecule has 8 aromatic carbocycles. The molecule has 18 rings (SSSR count). The molecule has 16 aromatic rings. The number of amides is 4. The van der Waals surface area contributed by atoms with Crippen LogP contribution in [0.15, 0.2) is 172 Å². The van der Waals surface area contributed by atoms with Gasteiger partial charge in [0, 0.05) is 63.5 Å². The average molecular weight is 2350 g/mol. The molecule has 4 amide bonds. The van der Waals surface area contributed by atoms with Crippen LogP contribution in [0.4, 0.5) is 20.2 Å². The Morgan fingerprint density at radius 3 is 1.22 bits per heavy atom. The number of nitrogen functional groups attached to an aromatic ring is 2. The number of phenols is 2. The van der Waals surface area contributed by atoms with E-state index in [1.807, 2.05) is 12.1 Å². The first-order chi connectivity index (χ1) is 65.2. The van der Waals surface area contributed by atoms with Crippen LogP contribution in [0.1, 0.15) is 109 Å². The molecule has 0 atom stereocenters. The van der Waals surface area contributed by atoms with Crippen LogP contribution in [0, 0.1) is 22.7 Å². The largest absolute Gasteiger partial charge is 1.00 e. The molecule has 0 saturated carbocycles. The van der Waals surface area contributed by atoms with Crippen LogP contribution >= 0.6 is 217 Å². The predicted molar refractivity (Wildman–Crippen MR) is 537 cm³/mol. The van der Waals surface area contributed by atoms with Crippen molar-refractivity contribution in [3.05, 3.63) is 252 Å². The van der Waals surface area contributed by atoms with Crippen LogP contribution in [0.25, 0.3) is 88.0 Å². The maximum atomic E-state index is 11.5. The molecule has 54 heteroatoms. The number of ether oxygens (including phenoxy) is 2. The van der Waals surface area contributed by atoms with Crippen molar-refractivity contribution in [1.29, 1.82) is 10.5 Å². The van der Waals surface area contributed by atoms with Crippen LogP contribution < -0.4 is 91.4 Å². The second-order valence-corrected chi connectivity index (χ2v) is 46.1. The number of nitrogens with two attached hydrogens (primary N) is 2. The number of methoxy groups -OCH3 is 2. The predicted octanol–water partition coefficient (Wildman–Crippen LogP) is 22.3. The van der Waals surface area contributed by atoms with E-state index in [2.05, 4.69) is 107 Å². The zero-order valence-electron chi connectivity index (χ0n) is 75.2. The van der Waals surface area contributed by atoms with Crippen LogP contribution in [0.3, 0.4) is 0 Å². The van der Waals surface area contributed by atoms with E-state index in [1.54, 1.807) is 157 Å². The second kappa shape index (κ2) is 58.0. The average Bonchev–Trinajstić information content (AvgIpc) is 1.60. The number of aromatic nitrogens is 4. The first-order valence-electron chi connectivity index (χ1n) is 38.5. The smallest absolute Gasteiger partial charge is 0.850 e. The van der Waals surface area contributed by atoms with Gasteiger partial charge < -0.3 is 67.9 Å². The van der Waals surface area contributed by atoms with E-state index in [0.29, 0.717) is 113 Å². The minimum atomic E-state index is -3.22. The number of rotatable bonds is 2. The van der Waals surface area contributed by atoms with Gasteiger partial charge in [-0.25, -0.2) is 29.5 Å². The molecule has 30 nitrogen and oxygen atoms in total. The number of para-hydroxylation sites is 4. The van der Waals surface area contributed by atoms with E-state index in [0.717, 1.165) is 21.5 Å². The third-order valence-electron chi connectivity index (χ3n) is 15.9. The number of esters is 2. The fourth-order valence-electron chi connectivity index (χ4n) is 10.8. The van der Waals surface area contributed by atoms with E-state index < -0.39 is 59.7 Å². The Hall–Kier alpha value is -7.46. The van der Waals surface area contributed by atoms with Gasteiger partial charge in [-0.2, -0.15) is 10.5 Å². The van der Waals surface area contributed by atoms with Crippen LogP contribution in [0.5, 0.6) is 11.5 Å². The SMILES string of the molecule is CC(C)(C)[O-].CC(C)(C)[O-].COC(=O)c1oc2c(Cl)cccc2c1N.COC(=O)c1oc2ccc(Cl)cc2c1N.Clc1ccc2oc3c(Cl)nc(Cl)nc3c2c1.Clc1nc(Cl)c2oc3c(Cl)cccc3c2n1.N#Cc1cc(Cl)ccc1O.N#Cc1cccc(Cl)c1O.O=C1Cc2c(oc3c(Cl)cccc23)C(=O)N1.O=C1Cc2c(oc3ccc(Cl)cc23)C(=O)N1.O=P(Cl)(Cl)Cl.O=P(Cl)(Cl)Cl.[2H]CF.[2H]CF.[Na+].[Na+]. The Bertz CT molecular complexity index is 7300. The maximum absolute atomic E-state index is 11.5. The van der Waals surface area contributed by atoms with Gasteiger partial charge in [0.1, 0.15) is 45.7 Å². The molecule has 0 aliphatic carbocycles. The number of nitrogens with one attached hydrogen (secondary N) is 2. The molecule has 140 heavy (non-hydrogen) atoms. The number of nitriles is 2. The van der Waals surface area contributed by atoms with Crippen molar-refractivity contribution in [3.63, 3.8) is 0 Å². The van der Waals surface area contributed by atoms with Crippen molar-refractivity contribution >= 4 is 352 Å². The van der Waals surface area contributed by atoms with Crippen molar-refractivity contribution in [2.24, 2.45) is 0 Å². The number of alkyl halides is 2. The Morgan fingerprint density at radius 2 is 0.793 bits per heavy atom. The number of phenolic OH excluding ortho intramolecular Hbond substituents is 2. The number of benzene rings is 8. The summed E-state index contributed by atoms with van der Waals surface area (Å²) in [5.41, 5.74) is 17.2. The molecule has 0 bridgehead atoms. The third-order valence-corrected chi connectivity index (χ3v) is 18.9. The summed E-state index contributed by atoms with van der Waals surface area (Å²) in [5, 5.41) is 61.4. The Balaban J connectivity index is 0.000000403. The molecule has 0 saturated heterocycles. The molecule has 2 aliphatic rings. The van der Waals surface area contributed by atoms with E-state index in [1.165, 1.54) is 44.6 Å². The first kappa shape index (κ1) is 123. The molecule has 8 N–H and O–H groups in total. The molecule has 0 radical (unpaired) electrons. The Labute approximate surface area is 929 Å². The molecular weight excluding hydrogens is 2280 g/mol. The standard InChI is InChI=1S/2C11H6ClNO3.2C10H3Cl3N2O.2C10H8ClNO3.2C7H4ClNO.2C4H9O.2CH3F.2Cl3OP.2Na/c12-5-1-2-8-6(3-5)7-4-9(14)13-11(15)10(7)16-8;12-7-3-1-2-5-6-4-8(14)13-11(15)10(6)16-9(5)7;11-4-1-2-6-5(3-4)7-8(16-6)9(12)15-10(13)14-7;11-5-3-1-2-4-6-8(16-7(4)5)9(12)15-10(13)14-6;1-14-10(13)9-8(12)6-4-5(11)2-3-7(6)15-9;1-14-10(13)9-7(12)5-3-2-4-6(11)8(5)15-9;8-6-1-2-7(10)5(3-6)4-9;8-6-3-1-2-5(4-9)7(6)10;2*1-4(2,3)5;2*1-2;2*1-5(2,3)4;;/h2*1-3H,4H2,(H,13,14,15);2*1-3H;2*2-4H,12H2,1H3;2*1-3,10H;2*1-3H3;2*1H3;;;;/q;;;;;;;;2*-1;;;;;2*+1/i;;;;;;;;;;2*1D;;;;. The van der Waals surface area contributed by atoms with Gasteiger partial charge in [-0.15, -0.1) is 11.2 Å². The number of hydrogen-bond donors (Lipinski definition) is 6. The molecule has 10 heterocycles. The van der Waals surface area contributed by atoms with Gasteiger partial charge >= 0.3 is 81.5 Å². The van der Waals surface area contributed by atoms with Crippen LogP contribution in [-0.2, 0) is 41.0 Å². The normalized spacial score (nSPS) is 11.5. The van der Waals surface area contributed by atoms with Gasteiger partial charge in [-0.3, -0.25) is 47.7 Å². The Kier molecular flexibility index (Phi) is 51.0. The number of imide groups is 2. The van der Waals surface area contributed by atoms with Crippen molar-refractivity contribution in [2.45, 2.75) is 65.6 Å². The summed E-state index contributed by atoms with van der Waals surface area (Å²) in [5.74, 6) is -2.63. The van der Waals surface area contributed by atoms with Gasteiger partial charge in [0.25, 0.3) is 11.8 Å². The summed E-state index contributed by atoms with van der Waals surface area (Å²) in [6, 6.07) is 43.6. The number of halogens is 20. The van der Waals surface area contributed by atoms with Gasteiger partial charge in [0.2, 0.25) is 33.9 Å². The topological polar surface area (TPSA) is 496 Å². The molecule has 732 valence electrons. The van der Waals surface area contributed by atoms with Crippen LogP contribution in [-0.4, -0.2) is 105 Å². The Morgan fingerprint density at radius 1 is 0.457 bits per heavy atom. The summed E-state index contributed by atoms with van der Waals surface area (Å²) >= 11 is 97.4. The van der Waals surface area contributed by atoms with Crippen molar-refractivity contribution < 1.29 is 165 Å². The number of nitrogens with zero attached hydrogens (tertiary/aromatic N) is 6. The van der Waals surface area contributed by atoms with E-state index in [4.69, 9.17) is 201 Å². The summed E-state index contributed by atoms with van der Waals surface area (Å²) < 4.78 is 91.4. The summed E-state index contributed by atoms with van der Waals surface area (Å²) in [7, 11) is 0.526. The van der Waals surface area contributed by atoms with Crippen molar-refractivity contribution in [1.82, 2.24) is 30.6 Å². The van der Waals surface area contributed by atoms with Crippen LogP contribution in [0.2, 0.25) is 61.1 Å². The molecular formula is C86H66Cl18F2N10Na2O20P2. The summed E-state index contributed by atoms with van der Waals surface area (Å²) in [6.45, 7) is 9.79. The van der Waals surface area contributed by atoms with Gasteiger partial charge in [0.05, 0.1) is 86.7 Å². The maximum Gasteiger partial charge on any atom is 1.00 e. The summed E-state index contributed by atoms with van der Waals surface area (Å²) in [6.07, 6.45) is 0.294. The van der Waals surface area contributed by atoms with Gasteiger partial charge in [-0.1, -0.05) is 188 Å². The number of furan rings is 6. The van der Waals surface area contributed by atoms with E-state index >= 15 is 0 Å². The van der Waals surface area contributed by atoms with Gasteiger partial charge in [-0.05, 0) is 206 Å². The monoisotopic (exact) mass is 2340 g/mol. The minimum Gasteiger partial charge on any atom is -0.850 e. The fraction of sp³-hybridized carbons (Fsp3) is 0.163. The first-order valence-corrected chi connectivity index (χ1v) is 50.5. The van der Waals surface area contributed by atoms with E-state index in [-0.39, 0.29) is 167 Å². The number of carbonyl (C=O) groups is 6. The van der Waals surface area contributed by atoms with Crippen molar-refractivity contribution in [2.75, 3.05) is 40.0 Å². The number of fused-ring (bicyclic) bond motifs is 14. The molecule has 0 unspecified atom stereocenters. The summed E-state index contributed by atoms with van der Waals surface area (Å²) in [4.78, 5) is 83.8. The quantitative estimate of drug-likeness (QED) is 0.0234. The number of anilines is 2.